The number of carboxylic acid groups (broad SMARTS) is 1. The molecule has 2 heterocycles. The molecular weight excluding hydrogens is 455 g/mol. The fourth-order valence-corrected chi connectivity index (χ4v) is 3.38. The summed E-state index contributed by atoms with van der Waals surface area (Å²) in [4.78, 5) is 16.4. The second kappa shape index (κ2) is 8.73. The van der Waals surface area contributed by atoms with Crippen LogP contribution in [0.4, 0.5) is 23.2 Å². The zero-order chi connectivity index (χ0) is 22.1. The third kappa shape index (κ3) is 5.17. The van der Waals surface area contributed by atoms with Gasteiger partial charge in [-0.25, -0.2) is 14.2 Å². The minimum atomic E-state index is -4.55. The van der Waals surface area contributed by atoms with Crippen LogP contribution in [0.15, 0.2) is 24.4 Å². The zero-order valence-corrected chi connectivity index (χ0v) is 16.6. The summed E-state index contributed by atoms with van der Waals surface area (Å²) < 4.78 is 61.2. The highest BCUT2D eigenvalue weighted by atomic mass is 35.5. The molecule has 0 amide bonds. The standard InChI is InChI=1S/C18H14Cl2F4N2O4/c19-10-5-14(26-3-1-2-13(26)17(27)28)12(21)6-15(10)30-9-4-11(20)16(25-7-9)29-8-18(22,23)24/h4-7,13H,1-3,8H2,(H,27,28). The Labute approximate surface area is 177 Å². The fourth-order valence-electron chi connectivity index (χ4n) is 2.98. The van der Waals surface area contributed by atoms with Gasteiger partial charge in [-0.3, -0.25) is 0 Å². The third-order valence-corrected chi connectivity index (χ3v) is 4.80. The second-order valence-electron chi connectivity index (χ2n) is 6.39. The monoisotopic (exact) mass is 468 g/mol. The van der Waals surface area contributed by atoms with Crippen LogP contribution in [-0.2, 0) is 4.79 Å². The lowest BCUT2D eigenvalue weighted by molar-refractivity contribution is -0.154. The summed E-state index contributed by atoms with van der Waals surface area (Å²) in [5.74, 6) is -2.37. The molecule has 0 spiro atoms. The van der Waals surface area contributed by atoms with Crippen molar-refractivity contribution < 1.29 is 36.9 Å². The molecule has 3 rings (SSSR count). The number of rotatable bonds is 6. The van der Waals surface area contributed by atoms with Crippen LogP contribution in [0.1, 0.15) is 12.8 Å². The molecule has 1 aliphatic heterocycles. The van der Waals surface area contributed by atoms with Crippen LogP contribution in [0.2, 0.25) is 10.0 Å². The number of hydrogen-bond acceptors (Lipinski definition) is 5. The predicted octanol–water partition coefficient (Wildman–Crippen LogP) is 5.31. The first-order valence-corrected chi connectivity index (χ1v) is 9.32. The van der Waals surface area contributed by atoms with Gasteiger partial charge in [0.1, 0.15) is 28.4 Å². The number of hydrogen-bond donors (Lipinski definition) is 1. The van der Waals surface area contributed by atoms with Crippen molar-refractivity contribution in [1.82, 2.24) is 4.98 Å². The van der Waals surface area contributed by atoms with Gasteiger partial charge in [-0.15, -0.1) is 0 Å². The number of anilines is 1. The van der Waals surface area contributed by atoms with Crippen LogP contribution in [-0.4, -0.2) is 41.4 Å². The molecule has 2 aromatic rings. The van der Waals surface area contributed by atoms with Gasteiger partial charge in [-0.1, -0.05) is 23.2 Å². The number of pyridine rings is 1. The molecule has 1 aliphatic rings. The largest absolute Gasteiger partial charge is 0.480 e. The fraction of sp³-hybridized carbons (Fsp3) is 0.333. The van der Waals surface area contributed by atoms with Crippen molar-refractivity contribution in [1.29, 1.82) is 0 Å². The first kappa shape index (κ1) is 22.2. The van der Waals surface area contributed by atoms with Gasteiger partial charge in [-0.2, -0.15) is 13.2 Å². The van der Waals surface area contributed by atoms with E-state index in [1.54, 1.807) is 0 Å². The van der Waals surface area contributed by atoms with Crippen molar-refractivity contribution in [3.63, 3.8) is 0 Å². The van der Waals surface area contributed by atoms with E-state index in [1.807, 2.05) is 0 Å². The van der Waals surface area contributed by atoms with Gasteiger partial charge in [0.25, 0.3) is 0 Å². The van der Waals surface area contributed by atoms with Crippen LogP contribution in [0.3, 0.4) is 0 Å². The molecule has 6 nitrogen and oxygen atoms in total. The minimum absolute atomic E-state index is 0.00374. The number of carboxylic acids is 1. The SMILES string of the molecule is O=C(O)C1CCCN1c1cc(Cl)c(Oc2cnc(OCC(F)(F)F)c(Cl)c2)cc1F. The summed E-state index contributed by atoms with van der Waals surface area (Å²) in [5.41, 5.74) is 0.0318. The number of aliphatic carboxylic acids is 1. The molecule has 0 bridgehead atoms. The van der Waals surface area contributed by atoms with Crippen LogP contribution in [0, 0.1) is 5.82 Å². The van der Waals surface area contributed by atoms with Crippen molar-refractivity contribution in [2.45, 2.75) is 25.1 Å². The van der Waals surface area contributed by atoms with E-state index in [0.29, 0.717) is 19.4 Å². The summed E-state index contributed by atoms with van der Waals surface area (Å²) >= 11 is 12.0. The molecule has 30 heavy (non-hydrogen) atoms. The van der Waals surface area contributed by atoms with Gasteiger partial charge in [0.15, 0.2) is 6.61 Å². The maximum Gasteiger partial charge on any atom is 0.422 e. The maximum absolute atomic E-state index is 14.6. The van der Waals surface area contributed by atoms with Crippen molar-refractivity contribution in [3.8, 4) is 17.4 Å². The predicted molar refractivity (Wildman–Crippen MR) is 100 cm³/mol. The van der Waals surface area contributed by atoms with E-state index in [1.165, 1.54) is 11.0 Å². The van der Waals surface area contributed by atoms with Crippen molar-refractivity contribution in [2.24, 2.45) is 0 Å². The molecule has 0 saturated carbocycles. The van der Waals surface area contributed by atoms with E-state index < -0.39 is 36.5 Å². The van der Waals surface area contributed by atoms with E-state index in [4.69, 9.17) is 27.9 Å². The molecule has 0 radical (unpaired) electrons. The van der Waals surface area contributed by atoms with Crippen LogP contribution in [0.5, 0.6) is 17.4 Å². The van der Waals surface area contributed by atoms with Gasteiger partial charge in [0.05, 0.1) is 16.9 Å². The third-order valence-electron chi connectivity index (χ3n) is 4.23. The first-order valence-electron chi connectivity index (χ1n) is 8.56. The molecule has 12 heteroatoms. The molecule has 1 saturated heterocycles. The molecule has 162 valence electrons. The Balaban J connectivity index is 1.78. The zero-order valence-electron chi connectivity index (χ0n) is 15.0. The van der Waals surface area contributed by atoms with E-state index >= 15 is 0 Å². The second-order valence-corrected chi connectivity index (χ2v) is 7.20. The van der Waals surface area contributed by atoms with E-state index in [-0.39, 0.29) is 27.2 Å². The number of halogens is 6. The van der Waals surface area contributed by atoms with E-state index in [2.05, 4.69) is 9.72 Å². The Kier molecular flexibility index (Phi) is 6.47. The minimum Gasteiger partial charge on any atom is -0.480 e. The quantitative estimate of drug-likeness (QED) is 0.578. The normalized spacial score (nSPS) is 16.6. The summed E-state index contributed by atoms with van der Waals surface area (Å²) in [5, 5.41) is 9.02. The number of alkyl halides is 3. The van der Waals surface area contributed by atoms with Crippen molar-refractivity contribution in [2.75, 3.05) is 18.1 Å². The summed E-state index contributed by atoms with van der Waals surface area (Å²) in [7, 11) is 0. The Morgan fingerprint density at radius 1 is 1.27 bits per heavy atom. The highest BCUT2D eigenvalue weighted by molar-refractivity contribution is 6.32. The van der Waals surface area contributed by atoms with Gasteiger partial charge in [-0.05, 0) is 18.9 Å². The van der Waals surface area contributed by atoms with E-state index in [9.17, 15) is 27.5 Å². The van der Waals surface area contributed by atoms with Gasteiger partial charge in [0.2, 0.25) is 5.88 Å². The van der Waals surface area contributed by atoms with Crippen LogP contribution < -0.4 is 14.4 Å². The Hall–Kier alpha value is -2.46. The van der Waals surface area contributed by atoms with Crippen LogP contribution in [0.25, 0.3) is 0 Å². The number of nitrogens with zero attached hydrogens (tertiary/aromatic N) is 2. The lowest BCUT2D eigenvalue weighted by atomic mass is 10.2. The van der Waals surface area contributed by atoms with E-state index in [0.717, 1.165) is 18.3 Å². The molecule has 1 N–H and O–H groups in total. The topological polar surface area (TPSA) is 71.9 Å². The average molecular weight is 469 g/mol. The Morgan fingerprint density at radius 3 is 2.63 bits per heavy atom. The number of carbonyl (C=O) groups is 1. The molecule has 1 atom stereocenters. The van der Waals surface area contributed by atoms with Crippen LogP contribution >= 0.6 is 23.2 Å². The summed E-state index contributed by atoms with van der Waals surface area (Å²) in [6.07, 6.45) is -2.53. The van der Waals surface area contributed by atoms with Gasteiger partial charge >= 0.3 is 12.1 Å². The highest BCUT2D eigenvalue weighted by Crippen LogP contribution is 2.38. The molecular formula is C18H14Cl2F4N2O4. The highest BCUT2D eigenvalue weighted by Gasteiger charge is 2.33. The lowest BCUT2D eigenvalue weighted by Gasteiger charge is -2.24. The lowest BCUT2D eigenvalue weighted by Crippen LogP contribution is -2.36. The van der Waals surface area contributed by atoms with Crippen molar-refractivity contribution >= 4 is 34.9 Å². The van der Waals surface area contributed by atoms with Crippen molar-refractivity contribution in [3.05, 3.63) is 40.3 Å². The Bertz CT molecular complexity index is 959. The first-order chi connectivity index (χ1) is 14.0. The Morgan fingerprint density at radius 2 is 2.00 bits per heavy atom. The van der Waals surface area contributed by atoms with Gasteiger partial charge < -0.3 is 19.5 Å². The smallest absolute Gasteiger partial charge is 0.422 e. The molecule has 1 aromatic carbocycles. The molecule has 1 aromatic heterocycles. The maximum atomic E-state index is 14.6. The molecule has 1 fully saturated rings. The number of aromatic nitrogens is 1. The summed E-state index contributed by atoms with van der Waals surface area (Å²) in [6.45, 7) is -1.20. The molecule has 0 aliphatic carbocycles. The number of benzene rings is 1. The number of ether oxygens (including phenoxy) is 2. The summed E-state index contributed by atoms with van der Waals surface area (Å²) in [6, 6.07) is 2.53. The van der Waals surface area contributed by atoms with Gasteiger partial charge in [0, 0.05) is 18.7 Å². The molecule has 1 unspecified atom stereocenters. The average Bonchev–Trinajstić information content (AvgIpc) is 3.13.